The Hall–Kier alpha value is -1.77. The van der Waals surface area contributed by atoms with Crippen LogP contribution in [-0.4, -0.2) is 27.1 Å². The van der Waals surface area contributed by atoms with Crippen LogP contribution in [0, 0.1) is 6.92 Å². The fourth-order valence-electron chi connectivity index (χ4n) is 4.58. The van der Waals surface area contributed by atoms with Crippen molar-refractivity contribution in [1.29, 1.82) is 0 Å². The highest BCUT2D eigenvalue weighted by Crippen LogP contribution is 2.36. The number of benzene rings is 1. The molecule has 3 rings (SSSR count). The summed E-state index contributed by atoms with van der Waals surface area (Å²) in [4.78, 5) is 1.99. The molecule has 1 aromatic carbocycles. The predicted octanol–water partition coefficient (Wildman–Crippen LogP) is 6.77. The van der Waals surface area contributed by atoms with Crippen molar-refractivity contribution in [2.45, 2.75) is 77.3 Å². The second-order valence-electron chi connectivity index (χ2n) is 9.72. The number of hydrogen-bond acceptors (Lipinski definition) is 3. The van der Waals surface area contributed by atoms with Gasteiger partial charge in [0, 0.05) is 17.1 Å². The lowest BCUT2D eigenvalue weighted by Crippen LogP contribution is -2.63. The summed E-state index contributed by atoms with van der Waals surface area (Å²) < 4.78 is 45.4. The third-order valence-corrected chi connectivity index (χ3v) is 6.19. The van der Waals surface area contributed by atoms with E-state index >= 15 is 0 Å². The summed E-state index contributed by atoms with van der Waals surface area (Å²) in [6, 6.07) is 6.98. The summed E-state index contributed by atoms with van der Waals surface area (Å²) in [7, 11) is 0. The average Bonchev–Trinajstić information content (AvgIpc) is 3.02. The molecule has 176 valence electrons. The van der Waals surface area contributed by atoms with E-state index in [1.165, 1.54) is 6.07 Å². The van der Waals surface area contributed by atoms with Gasteiger partial charge in [0.25, 0.3) is 0 Å². The highest BCUT2D eigenvalue weighted by molar-refractivity contribution is 7.80. The summed E-state index contributed by atoms with van der Waals surface area (Å²) in [6.07, 6.45) is -2.88. The van der Waals surface area contributed by atoms with Crippen LogP contribution in [0.3, 0.4) is 0 Å². The predicted molar refractivity (Wildman–Crippen MR) is 126 cm³/mol. The van der Waals surface area contributed by atoms with Crippen LogP contribution in [0.15, 0.2) is 34.7 Å². The standard InChI is InChI=1S/C23H29ClF3N3OS/c1-14-6-8-17(31-14)13-30(16-11-21(2,3)29-22(4,5)12-16)20(32)28-19-10-15(23(25,26)27)7-9-18(19)24/h6-10,16,29H,11-13H2,1-5H3,(H,28,32). The maximum absolute atomic E-state index is 13.2. The smallest absolute Gasteiger partial charge is 0.416 e. The summed E-state index contributed by atoms with van der Waals surface area (Å²) in [5, 5.41) is 7.08. The van der Waals surface area contributed by atoms with Crippen molar-refractivity contribution < 1.29 is 17.6 Å². The van der Waals surface area contributed by atoms with Crippen LogP contribution in [0.1, 0.15) is 57.6 Å². The summed E-state index contributed by atoms with van der Waals surface area (Å²) >= 11 is 11.9. The number of halogens is 4. The van der Waals surface area contributed by atoms with E-state index in [-0.39, 0.29) is 27.8 Å². The summed E-state index contributed by atoms with van der Waals surface area (Å²) in [6.45, 7) is 10.8. The minimum absolute atomic E-state index is 0.0382. The lowest BCUT2D eigenvalue weighted by molar-refractivity contribution is -0.137. The summed E-state index contributed by atoms with van der Waals surface area (Å²) in [5.74, 6) is 1.52. The van der Waals surface area contributed by atoms with Crippen molar-refractivity contribution in [3.8, 4) is 0 Å². The maximum atomic E-state index is 13.2. The Morgan fingerprint density at radius 3 is 2.34 bits per heavy atom. The van der Waals surface area contributed by atoms with E-state index in [2.05, 4.69) is 38.3 Å². The molecule has 4 nitrogen and oxygen atoms in total. The van der Waals surface area contributed by atoms with Gasteiger partial charge in [0.05, 0.1) is 22.8 Å². The average molecular weight is 488 g/mol. The van der Waals surface area contributed by atoms with Crippen LogP contribution in [0.5, 0.6) is 0 Å². The van der Waals surface area contributed by atoms with E-state index in [4.69, 9.17) is 28.2 Å². The van der Waals surface area contributed by atoms with E-state index in [0.29, 0.717) is 11.7 Å². The molecule has 0 atom stereocenters. The first-order chi connectivity index (χ1) is 14.7. The molecule has 1 fully saturated rings. The lowest BCUT2D eigenvalue weighted by atomic mass is 9.79. The molecule has 0 bridgehead atoms. The van der Waals surface area contributed by atoms with Crippen molar-refractivity contribution in [1.82, 2.24) is 10.2 Å². The first kappa shape index (κ1) is 24.9. The van der Waals surface area contributed by atoms with Crippen LogP contribution < -0.4 is 10.6 Å². The van der Waals surface area contributed by atoms with Crippen LogP contribution >= 0.6 is 23.8 Å². The molecular weight excluding hydrogens is 459 g/mol. The number of thiocarbonyl (C=S) groups is 1. The number of nitrogens with zero attached hydrogens (tertiary/aromatic N) is 1. The van der Waals surface area contributed by atoms with Gasteiger partial charge in [-0.15, -0.1) is 0 Å². The number of piperidine rings is 1. The zero-order valence-electron chi connectivity index (χ0n) is 18.9. The minimum atomic E-state index is -4.48. The van der Waals surface area contributed by atoms with E-state index in [0.717, 1.165) is 36.5 Å². The fraction of sp³-hybridized carbons (Fsp3) is 0.522. The van der Waals surface area contributed by atoms with Gasteiger partial charge < -0.3 is 20.0 Å². The molecule has 2 N–H and O–H groups in total. The zero-order valence-corrected chi connectivity index (χ0v) is 20.4. The zero-order chi connectivity index (χ0) is 23.9. The topological polar surface area (TPSA) is 40.4 Å². The molecule has 32 heavy (non-hydrogen) atoms. The van der Waals surface area contributed by atoms with Crippen LogP contribution in [0.2, 0.25) is 5.02 Å². The molecule has 0 spiro atoms. The third-order valence-electron chi connectivity index (χ3n) is 5.53. The van der Waals surface area contributed by atoms with Crippen molar-refractivity contribution in [2.24, 2.45) is 0 Å². The van der Waals surface area contributed by atoms with Crippen LogP contribution in [-0.2, 0) is 12.7 Å². The van der Waals surface area contributed by atoms with Gasteiger partial charge in [0.1, 0.15) is 11.5 Å². The van der Waals surface area contributed by atoms with Gasteiger partial charge in [-0.25, -0.2) is 0 Å². The maximum Gasteiger partial charge on any atom is 0.416 e. The Balaban J connectivity index is 1.92. The number of nitrogens with one attached hydrogen (secondary N) is 2. The van der Waals surface area contributed by atoms with Gasteiger partial charge in [0.2, 0.25) is 0 Å². The normalized spacial score (nSPS) is 18.4. The molecule has 0 aliphatic carbocycles. The van der Waals surface area contributed by atoms with Crippen LogP contribution in [0.25, 0.3) is 0 Å². The molecular formula is C23H29ClF3N3OS. The largest absolute Gasteiger partial charge is 0.464 e. The first-order valence-corrected chi connectivity index (χ1v) is 11.2. The minimum Gasteiger partial charge on any atom is -0.464 e. The highest BCUT2D eigenvalue weighted by Gasteiger charge is 2.41. The monoisotopic (exact) mass is 487 g/mol. The SMILES string of the molecule is Cc1ccc(CN(C(=S)Nc2cc(C(F)(F)F)ccc2Cl)C2CC(C)(C)NC(C)(C)C2)o1. The molecule has 0 saturated carbocycles. The van der Waals surface area contributed by atoms with Gasteiger partial charge in [-0.1, -0.05) is 11.6 Å². The molecule has 2 heterocycles. The molecule has 1 aromatic heterocycles. The molecule has 0 amide bonds. The van der Waals surface area contributed by atoms with Gasteiger partial charge in [0.15, 0.2) is 5.11 Å². The Labute approximate surface area is 197 Å². The van der Waals surface area contributed by atoms with Gasteiger partial charge in [-0.2, -0.15) is 13.2 Å². The van der Waals surface area contributed by atoms with Gasteiger partial charge in [-0.05, 0) is 90.0 Å². The Bertz CT molecular complexity index is 971. The van der Waals surface area contributed by atoms with Gasteiger partial charge >= 0.3 is 6.18 Å². The molecule has 0 unspecified atom stereocenters. The number of anilines is 1. The number of rotatable bonds is 4. The number of hydrogen-bond donors (Lipinski definition) is 2. The van der Waals surface area contributed by atoms with Crippen molar-refractivity contribution in [2.75, 3.05) is 5.32 Å². The molecule has 9 heteroatoms. The lowest BCUT2D eigenvalue weighted by Gasteiger charge is -2.50. The van der Waals surface area contributed by atoms with Crippen molar-refractivity contribution in [3.05, 3.63) is 52.4 Å². The first-order valence-electron chi connectivity index (χ1n) is 10.4. The second kappa shape index (κ2) is 8.88. The number of alkyl halides is 3. The summed E-state index contributed by atoms with van der Waals surface area (Å²) in [5.41, 5.74) is -0.954. The van der Waals surface area contributed by atoms with Gasteiger partial charge in [-0.3, -0.25) is 0 Å². The highest BCUT2D eigenvalue weighted by atomic mass is 35.5. The van der Waals surface area contributed by atoms with Crippen LogP contribution in [0.4, 0.5) is 18.9 Å². The van der Waals surface area contributed by atoms with Crippen molar-refractivity contribution in [3.63, 3.8) is 0 Å². The van der Waals surface area contributed by atoms with E-state index in [1.807, 2.05) is 24.0 Å². The van der Waals surface area contributed by atoms with E-state index in [1.54, 1.807) is 0 Å². The second-order valence-corrected chi connectivity index (χ2v) is 10.5. The Morgan fingerprint density at radius 1 is 1.19 bits per heavy atom. The Morgan fingerprint density at radius 2 is 1.81 bits per heavy atom. The van der Waals surface area contributed by atoms with E-state index < -0.39 is 11.7 Å². The quantitative estimate of drug-likeness (QED) is 0.466. The third kappa shape index (κ3) is 6.17. The molecule has 1 saturated heterocycles. The molecule has 0 radical (unpaired) electrons. The number of furan rings is 1. The van der Waals surface area contributed by atoms with E-state index in [9.17, 15) is 13.2 Å². The number of aryl methyl sites for hydroxylation is 1. The fourth-order valence-corrected chi connectivity index (χ4v) is 5.07. The molecule has 1 aliphatic heterocycles. The molecule has 2 aromatic rings. The Kier molecular flexibility index (Phi) is 6.90. The van der Waals surface area contributed by atoms with Crippen molar-refractivity contribution >= 4 is 34.6 Å². The molecule has 1 aliphatic rings.